The molecule has 3 rings (SSSR count). The fraction of sp³-hybridized carbons (Fsp3) is 0.520. The van der Waals surface area contributed by atoms with Gasteiger partial charge in [-0.1, -0.05) is 30.0 Å². The van der Waals surface area contributed by atoms with Crippen LogP contribution in [-0.4, -0.2) is 89.9 Å². The Morgan fingerprint density at radius 1 is 1.03 bits per heavy atom. The molecule has 39 heavy (non-hydrogen) atoms. The molecule has 0 saturated carbocycles. The third-order valence-corrected chi connectivity index (χ3v) is 7.15. The van der Waals surface area contributed by atoms with Crippen LogP contribution < -0.4 is 0 Å². The van der Waals surface area contributed by atoms with Crippen molar-refractivity contribution >= 4 is 47.6 Å². The Morgan fingerprint density at radius 3 is 2.21 bits per heavy atom. The van der Waals surface area contributed by atoms with Gasteiger partial charge >= 0.3 is 30.0 Å². The average Bonchev–Trinajstić information content (AvgIpc) is 3.20. The van der Waals surface area contributed by atoms with E-state index in [1.807, 2.05) is 0 Å². The highest BCUT2D eigenvalue weighted by Gasteiger charge is 2.63. The Balaban J connectivity index is 2.18. The first kappa shape index (κ1) is 29.9. The Hall–Kier alpha value is -3.65. The summed E-state index contributed by atoms with van der Waals surface area (Å²) in [5.41, 5.74) is 0. The molecule has 0 aromatic heterocycles. The highest BCUT2D eigenvalue weighted by molar-refractivity contribution is 8.01. The molecule has 4 unspecified atom stereocenters. The zero-order valence-corrected chi connectivity index (χ0v) is 22.8. The molecule has 13 nitrogen and oxygen atoms in total. The molecule has 6 atom stereocenters. The highest BCUT2D eigenvalue weighted by Crippen LogP contribution is 2.48. The Kier molecular flexibility index (Phi) is 9.56. The number of esters is 4. The normalized spacial score (nSPS) is 25.4. The third-order valence-electron chi connectivity index (χ3n) is 5.88. The minimum Gasteiger partial charge on any atom is -0.466 e. The fourth-order valence-corrected chi connectivity index (χ4v) is 5.74. The van der Waals surface area contributed by atoms with E-state index in [0.29, 0.717) is 4.90 Å². The number of amides is 2. The summed E-state index contributed by atoms with van der Waals surface area (Å²) in [6, 6.07) is 7.47. The Bertz CT molecular complexity index is 1130. The summed E-state index contributed by atoms with van der Waals surface area (Å²) in [4.78, 5) is 73.9. The lowest BCUT2D eigenvalue weighted by Gasteiger charge is -2.46. The van der Waals surface area contributed by atoms with Crippen LogP contribution in [0.25, 0.3) is 0 Å². The van der Waals surface area contributed by atoms with Crippen molar-refractivity contribution in [2.24, 2.45) is 0 Å². The maximum atomic E-state index is 13.3. The van der Waals surface area contributed by atoms with Crippen LogP contribution in [0.15, 0.2) is 35.2 Å². The molecule has 212 valence electrons. The van der Waals surface area contributed by atoms with Gasteiger partial charge in [-0.2, -0.15) is 0 Å². The monoisotopic (exact) mass is 567 g/mol. The standard InChI is InChI=1S/C25H29NO12S/c1-13(27)26-20-18(37-24(26)32)11-25(23(31)33-5,39-17-9-7-6-8-10-17)38-22(20)21(36-16(4)30)19(35-15(3)29)12-34-14(2)28/h6-10,18-22H,11-12H2,1-5H3/t18?,19-,20?,21-,22?,25?/m1/s1. The van der Waals surface area contributed by atoms with Crippen LogP contribution in [0.4, 0.5) is 4.79 Å². The second-order valence-corrected chi connectivity index (χ2v) is 10.1. The number of nitrogens with zero attached hydrogens (tertiary/aromatic N) is 1. The van der Waals surface area contributed by atoms with Crippen LogP contribution in [0.3, 0.4) is 0 Å². The summed E-state index contributed by atoms with van der Waals surface area (Å²) in [5.74, 6) is -3.92. The molecule has 0 N–H and O–H groups in total. The lowest BCUT2D eigenvalue weighted by molar-refractivity contribution is -0.219. The van der Waals surface area contributed by atoms with E-state index in [-0.39, 0.29) is 6.42 Å². The van der Waals surface area contributed by atoms with E-state index < -0.39 is 77.9 Å². The maximum absolute atomic E-state index is 13.3. The number of carbonyl (C=O) groups is 6. The van der Waals surface area contributed by atoms with Crippen molar-refractivity contribution in [2.75, 3.05) is 13.7 Å². The van der Waals surface area contributed by atoms with Gasteiger partial charge in [-0.15, -0.1) is 0 Å². The van der Waals surface area contributed by atoms with Crippen molar-refractivity contribution in [2.45, 2.75) is 74.4 Å². The van der Waals surface area contributed by atoms with Crippen molar-refractivity contribution in [3.63, 3.8) is 0 Å². The summed E-state index contributed by atoms with van der Waals surface area (Å²) < 4.78 is 32.8. The van der Waals surface area contributed by atoms with Crippen molar-refractivity contribution in [3.05, 3.63) is 30.3 Å². The Morgan fingerprint density at radius 2 is 1.67 bits per heavy atom. The van der Waals surface area contributed by atoms with Gasteiger partial charge in [-0.3, -0.25) is 19.2 Å². The molecule has 1 aromatic carbocycles. The predicted octanol–water partition coefficient (Wildman–Crippen LogP) is 1.60. The molecule has 1 aromatic rings. The molecule has 2 fully saturated rings. The number of imide groups is 1. The first-order chi connectivity index (χ1) is 18.4. The molecule has 0 radical (unpaired) electrons. The minimum atomic E-state index is -1.85. The zero-order valence-electron chi connectivity index (χ0n) is 21.9. The van der Waals surface area contributed by atoms with Gasteiger partial charge < -0.3 is 28.4 Å². The number of ether oxygens (including phenoxy) is 6. The molecular formula is C25H29NO12S. The SMILES string of the molecule is COC(=O)C1(Sc2ccccc2)CC2OC(=O)N(C(C)=O)C2C([C@H](OC(C)=O)[C@@H](COC(C)=O)OC(C)=O)O1. The summed E-state index contributed by atoms with van der Waals surface area (Å²) in [7, 11) is 1.15. The van der Waals surface area contributed by atoms with E-state index in [9.17, 15) is 28.8 Å². The van der Waals surface area contributed by atoms with E-state index in [1.54, 1.807) is 30.3 Å². The number of thioether (sulfide) groups is 1. The van der Waals surface area contributed by atoms with Crippen molar-refractivity contribution in [3.8, 4) is 0 Å². The highest BCUT2D eigenvalue weighted by atomic mass is 32.2. The number of methoxy groups -OCH3 is 1. The van der Waals surface area contributed by atoms with Gasteiger partial charge in [0, 0.05) is 39.0 Å². The minimum absolute atomic E-state index is 0.231. The van der Waals surface area contributed by atoms with Gasteiger partial charge in [0.15, 0.2) is 12.2 Å². The van der Waals surface area contributed by atoms with Gasteiger partial charge in [0.05, 0.1) is 7.11 Å². The second kappa shape index (κ2) is 12.5. The van der Waals surface area contributed by atoms with E-state index in [2.05, 4.69) is 0 Å². The zero-order chi connectivity index (χ0) is 28.9. The molecular weight excluding hydrogens is 538 g/mol. The van der Waals surface area contributed by atoms with Gasteiger partial charge in [0.1, 0.15) is 24.9 Å². The molecule has 2 saturated heterocycles. The topological polar surface area (TPSA) is 161 Å². The van der Waals surface area contributed by atoms with Gasteiger partial charge in [-0.05, 0) is 12.1 Å². The second-order valence-electron chi connectivity index (χ2n) is 8.77. The quantitative estimate of drug-likeness (QED) is 0.313. The van der Waals surface area contributed by atoms with Crippen LogP contribution >= 0.6 is 11.8 Å². The van der Waals surface area contributed by atoms with Crippen LogP contribution in [0, 0.1) is 0 Å². The van der Waals surface area contributed by atoms with E-state index >= 15 is 0 Å². The predicted molar refractivity (Wildman–Crippen MR) is 131 cm³/mol. The van der Waals surface area contributed by atoms with Crippen molar-refractivity contribution < 1.29 is 57.2 Å². The number of hydrogen-bond donors (Lipinski definition) is 0. The number of carbonyl (C=O) groups excluding carboxylic acids is 6. The van der Waals surface area contributed by atoms with Crippen LogP contribution in [0.5, 0.6) is 0 Å². The van der Waals surface area contributed by atoms with Gasteiger partial charge in [-0.25, -0.2) is 14.5 Å². The molecule has 2 heterocycles. The average molecular weight is 568 g/mol. The smallest absolute Gasteiger partial charge is 0.417 e. The molecule has 2 amide bonds. The summed E-state index contributed by atoms with van der Waals surface area (Å²) in [6.45, 7) is 3.86. The van der Waals surface area contributed by atoms with Crippen LogP contribution in [0.1, 0.15) is 34.1 Å². The Labute approximate surface area is 228 Å². The van der Waals surface area contributed by atoms with Gasteiger partial charge in [0.2, 0.25) is 10.8 Å². The summed E-state index contributed by atoms with van der Waals surface area (Å²) >= 11 is 0.963. The number of hydrogen-bond acceptors (Lipinski definition) is 13. The number of fused-ring (bicyclic) bond motifs is 1. The molecule has 0 aliphatic carbocycles. The van der Waals surface area contributed by atoms with Gasteiger partial charge in [0.25, 0.3) is 0 Å². The van der Waals surface area contributed by atoms with E-state index in [4.69, 9.17) is 28.4 Å². The molecule has 2 aliphatic heterocycles. The number of benzene rings is 1. The van der Waals surface area contributed by atoms with Crippen molar-refractivity contribution in [1.29, 1.82) is 0 Å². The first-order valence-corrected chi connectivity index (χ1v) is 12.7. The molecule has 0 bridgehead atoms. The summed E-state index contributed by atoms with van der Waals surface area (Å²) in [5, 5.41) is 0. The van der Waals surface area contributed by atoms with E-state index in [1.165, 1.54) is 0 Å². The fourth-order valence-electron chi connectivity index (χ4n) is 4.50. The lowest BCUT2D eigenvalue weighted by Crippen LogP contribution is -2.65. The maximum Gasteiger partial charge on any atom is 0.417 e. The van der Waals surface area contributed by atoms with Crippen LogP contribution in [-0.2, 0) is 52.4 Å². The molecule has 14 heteroatoms. The lowest BCUT2D eigenvalue weighted by atomic mass is 9.89. The third kappa shape index (κ3) is 6.87. The van der Waals surface area contributed by atoms with Crippen LogP contribution in [0.2, 0.25) is 0 Å². The number of rotatable bonds is 9. The molecule has 0 spiro atoms. The first-order valence-electron chi connectivity index (χ1n) is 11.9. The van der Waals surface area contributed by atoms with Crippen molar-refractivity contribution in [1.82, 2.24) is 4.90 Å². The molecule has 2 aliphatic rings. The summed E-state index contributed by atoms with van der Waals surface area (Å²) in [6.07, 6.45) is -6.83. The largest absolute Gasteiger partial charge is 0.466 e. The van der Waals surface area contributed by atoms with E-state index in [0.717, 1.165) is 51.5 Å².